The summed E-state index contributed by atoms with van der Waals surface area (Å²) < 4.78 is 0. The Morgan fingerprint density at radius 2 is 2.46 bits per heavy atom. The van der Waals surface area contributed by atoms with Crippen LogP contribution < -0.4 is 5.32 Å². The lowest BCUT2D eigenvalue weighted by atomic mass is 10.2. The van der Waals surface area contributed by atoms with Crippen molar-refractivity contribution in [1.29, 1.82) is 0 Å². The topological polar surface area (TPSA) is 12.0 Å². The van der Waals surface area contributed by atoms with Gasteiger partial charge in [-0.1, -0.05) is 18.2 Å². The van der Waals surface area contributed by atoms with Gasteiger partial charge in [-0.05, 0) is 38.3 Å². The van der Waals surface area contributed by atoms with Gasteiger partial charge in [-0.25, -0.2) is 0 Å². The fourth-order valence-corrected chi connectivity index (χ4v) is 1.95. The van der Waals surface area contributed by atoms with Crippen LogP contribution in [0.2, 0.25) is 0 Å². The minimum absolute atomic E-state index is 0.491. The number of hydrogen-bond donors (Lipinski definition) is 1. The zero-order chi connectivity index (χ0) is 9.52. The smallest absolute Gasteiger partial charge is 0.0386 e. The van der Waals surface area contributed by atoms with Gasteiger partial charge >= 0.3 is 0 Å². The van der Waals surface area contributed by atoms with Crippen LogP contribution in [0.3, 0.4) is 0 Å². The predicted octanol–water partition coefficient (Wildman–Crippen LogP) is 3.36. The Morgan fingerprint density at radius 3 is 3.08 bits per heavy atom. The van der Waals surface area contributed by atoms with Crippen LogP contribution in [0, 0.1) is 0 Å². The zero-order valence-electron chi connectivity index (χ0n) is 8.29. The molecule has 0 bridgehead atoms. The van der Waals surface area contributed by atoms with E-state index in [4.69, 9.17) is 0 Å². The Balaban J connectivity index is 2.22. The molecule has 2 heteroatoms. The molecule has 0 fully saturated rings. The minimum Gasteiger partial charge on any atom is -0.309 e. The van der Waals surface area contributed by atoms with Crippen molar-refractivity contribution in [2.45, 2.75) is 26.3 Å². The van der Waals surface area contributed by atoms with Crippen LogP contribution in [0.5, 0.6) is 0 Å². The molecule has 0 amide bonds. The van der Waals surface area contributed by atoms with Gasteiger partial charge in [0.25, 0.3) is 0 Å². The highest BCUT2D eigenvalue weighted by atomic mass is 32.1. The second-order valence-electron chi connectivity index (χ2n) is 3.05. The first-order valence-corrected chi connectivity index (χ1v) is 5.60. The Kier molecular flexibility index (Phi) is 4.79. The summed E-state index contributed by atoms with van der Waals surface area (Å²) >= 11 is 1.81. The summed E-state index contributed by atoms with van der Waals surface area (Å²) in [6, 6.07) is 4.77. The Hall–Kier alpha value is -0.600. The van der Waals surface area contributed by atoms with Gasteiger partial charge in [0, 0.05) is 10.9 Å². The first kappa shape index (κ1) is 10.5. The molecule has 1 nitrogen and oxygen atoms in total. The molecular formula is C11H17NS. The van der Waals surface area contributed by atoms with Gasteiger partial charge in [0.1, 0.15) is 0 Å². The molecule has 0 aliphatic heterocycles. The molecule has 1 atom stereocenters. The highest BCUT2D eigenvalue weighted by Gasteiger charge is 2.03. The Labute approximate surface area is 84.5 Å². The van der Waals surface area contributed by atoms with E-state index in [0.717, 1.165) is 13.0 Å². The first-order valence-electron chi connectivity index (χ1n) is 4.72. The van der Waals surface area contributed by atoms with Gasteiger partial charge in [-0.2, -0.15) is 0 Å². The summed E-state index contributed by atoms with van der Waals surface area (Å²) in [7, 11) is 0. The van der Waals surface area contributed by atoms with Crippen LogP contribution in [0.1, 0.15) is 31.2 Å². The summed E-state index contributed by atoms with van der Waals surface area (Å²) in [4.78, 5) is 1.42. The maximum Gasteiger partial charge on any atom is 0.0386 e. The van der Waals surface area contributed by atoms with Crippen LogP contribution in [-0.4, -0.2) is 6.54 Å². The van der Waals surface area contributed by atoms with Crippen molar-refractivity contribution in [2.24, 2.45) is 0 Å². The third kappa shape index (κ3) is 3.75. The van der Waals surface area contributed by atoms with Crippen molar-refractivity contribution in [1.82, 2.24) is 5.32 Å². The van der Waals surface area contributed by atoms with E-state index in [9.17, 15) is 0 Å². The van der Waals surface area contributed by atoms with E-state index >= 15 is 0 Å². The van der Waals surface area contributed by atoms with E-state index in [1.807, 2.05) is 11.3 Å². The maximum atomic E-state index is 3.48. The Morgan fingerprint density at radius 1 is 1.62 bits per heavy atom. The number of allylic oxidation sites excluding steroid dienone is 1. The average Bonchev–Trinajstić information content (AvgIpc) is 2.65. The van der Waals surface area contributed by atoms with Gasteiger partial charge in [0.15, 0.2) is 0 Å². The van der Waals surface area contributed by atoms with E-state index in [2.05, 4.69) is 48.8 Å². The third-order valence-corrected chi connectivity index (χ3v) is 3.02. The van der Waals surface area contributed by atoms with Crippen LogP contribution in [0.4, 0.5) is 0 Å². The van der Waals surface area contributed by atoms with Gasteiger partial charge < -0.3 is 5.32 Å². The number of thiophene rings is 1. The van der Waals surface area contributed by atoms with Crippen LogP contribution in [0.25, 0.3) is 0 Å². The predicted molar refractivity (Wildman–Crippen MR) is 60.2 cm³/mol. The van der Waals surface area contributed by atoms with Crippen molar-refractivity contribution in [2.75, 3.05) is 6.54 Å². The zero-order valence-corrected chi connectivity index (χ0v) is 9.10. The summed E-state index contributed by atoms with van der Waals surface area (Å²) in [5.41, 5.74) is 0. The van der Waals surface area contributed by atoms with Gasteiger partial charge in [0.05, 0.1) is 0 Å². The van der Waals surface area contributed by atoms with E-state index < -0.39 is 0 Å². The summed E-state index contributed by atoms with van der Waals surface area (Å²) in [6.45, 7) is 5.33. The molecule has 1 unspecified atom stereocenters. The fourth-order valence-electron chi connectivity index (χ4n) is 1.19. The van der Waals surface area contributed by atoms with Gasteiger partial charge in [-0.3, -0.25) is 0 Å². The molecule has 0 aliphatic rings. The number of nitrogens with one attached hydrogen (secondary N) is 1. The van der Waals surface area contributed by atoms with Crippen molar-refractivity contribution in [3.8, 4) is 0 Å². The maximum absolute atomic E-state index is 3.48. The van der Waals surface area contributed by atoms with Gasteiger partial charge in [-0.15, -0.1) is 11.3 Å². The highest BCUT2D eigenvalue weighted by Crippen LogP contribution is 2.17. The standard InChI is InChI=1S/C11H17NS/c1-3-4-5-8-12-10(2)11-7-6-9-13-11/h3-4,6-7,9-10,12H,5,8H2,1-2H3/b4-3+. The molecule has 13 heavy (non-hydrogen) atoms. The molecule has 1 N–H and O–H groups in total. The van der Waals surface area contributed by atoms with E-state index in [1.165, 1.54) is 4.88 Å². The molecule has 0 saturated carbocycles. The van der Waals surface area contributed by atoms with Gasteiger partial charge in [0.2, 0.25) is 0 Å². The van der Waals surface area contributed by atoms with E-state index in [0.29, 0.717) is 6.04 Å². The van der Waals surface area contributed by atoms with Crippen molar-refractivity contribution < 1.29 is 0 Å². The molecule has 1 aromatic rings. The normalized spacial score (nSPS) is 13.7. The molecule has 1 aromatic heterocycles. The molecule has 1 heterocycles. The highest BCUT2D eigenvalue weighted by molar-refractivity contribution is 7.10. The van der Waals surface area contributed by atoms with E-state index in [1.54, 1.807) is 0 Å². The Bertz CT molecular complexity index is 239. The molecule has 0 radical (unpaired) electrons. The fraction of sp³-hybridized carbons (Fsp3) is 0.455. The second kappa shape index (κ2) is 5.95. The number of hydrogen-bond acceptors (Lipinski definition) is 2. The molecule has 0 aromatic carbocycles. The molecule has 0 spiro atoms. The minimum atomic E-state index is 0.491. The summed E-state index contributed by atoms with van der Waals surface area (Å²) in [5, 5.41) is 5.60. The lowest BCUT2D eigenvalue weighted by Gasteiger charge is -2.10. The van der Waals surface area contributed by atoms with Crippen molar-refractivity contribution >= 4 is 11.3 Å². The molecule has 0 saturated heterocycles. The quantitative estimate of drug-likeness (QED) is 0.561. The SMILES string of the molecule is C/C=C/CCNC(C)c1cccs1. The van der Waals surface area contributed by atoms with Crippen LogP contribution >= 0.6 is 11.3 Å². The lowest BCUT2D eigenvalue weighted by molar-refractivity contribution is 0.589. The molecular weight excluding hydrogens is 178 g/mol. The largest absolute Gasteiger partial charge is 0.309 e. The van der Waals surface area contributed by atoms with Crippen LogP contribution in [0.15, 0.2) is 29.7 Å². The molecule has 72 valence electrons. The average molecular weight is 195 g/mol. The molecule has 1 rings (SSSR count). The van der Waals surface area contributed by atoms with Crippen molar-refractivity contribution in [3.05, 3.63) is 34.5 Å². The molecule has 0 aliphatic carbocycles. The van der Waals surface area contributed by atoms with Crippen LogP contribution in [-0.2, 0) is 0 Å². The first-order chi connectivity index (χ1) is 6.34. The summed E-state index contributed by atoms with van der Waals surface area (Å²) in [5.74, 6) is 0. The van der Waals surface area contributed by atoms with E-state index in [-0.39, 0.29) is 0 Å². The third-order valence-electron chi connectivity index (χ3n) is 1.97. The number of rotatable bonds is 5. The monoisotopic (exact) mass is 195 g/mol. The lowest BCUT2D eigenvalue weighted by Crippen LogP contribution is -2.18. The summed E-state index contributed by atoms with van der Waals surface area (Å²) in [6.07, 6.45) is 5.40. The second-order valence-corrected chi connectivity index (χ2v) is 4.03. The van der Waals surface area contributed by atoms with Crippen molar-refractivity contribution in [3.63, 3.8) is 0 Å².